The van der Waals surface area contributed by atoms with Gasteiger partial charge in [-0.15, -0.1) is 0 Å². The molecular formula is C50H42BBrN4O2. The quantitative estimate of drug-likeness (QED) is 0.137. The topological polar surface area (TPSA) is 75.1 Å². The van der Waals surface area contributed by atoms with Crippen LogP contribution in [0.2, 0.25) is 0 Å². The molecule has 10 rings (SSSR count). The molecule has 6 nitrogen and oxygen atoms in total. The van der Waals surface area contributed by atoms with E-state index in [-0.39, 0.29) is 0 Å². The molecule has 0 unspecified atom stereocenters. The lowest BCUT2D eigenvalue weighted by Crippen LogP contribution is -2.06. The van der Waals surface area contributed by atoms with Crippen LogP contribution in [0.5, 0.6) is 0 Å². The first kappa shape index (κ1) is 38.6. The van der Waals surface area contributed by atoms with Gasteiger partial charge in [-0.3, -0.25) is 8.80 Å². The smallest absolute Gasteiger partial charge is 0.424 e. The summed E-state index contributed by atoms with van der Waals surface area (Å²) in [4.78, 5) is 9.39. The highest BCUT2D eigenvalue weighted by atomic mass is 79.9. The molecule has 2 N–H and O–H groups in total. The lowest BCUT2D eigenvalue weighted by Gasteiger charge is -2.14. The first-order valence-corrected chi connectivity index (χ1v) is 20.0. The van der Waals surface area contributed by atoms with E-state index in [9.17, 15) is 0 Å². The van der Waals surface area contributed by atoms with Gasteiger partial charge in [0, 0.05) is 21.5 Å². The molecule has 58 heavy (non-hydrogen) atoms. The summed E-state index contributed by atoms with van der Waals surface area (Å²) >= 11 is 3.66. The summed E-state index contributed by atoms with van der Waals surface area (Å²) in [5, 5.41) is 23.8. The summed E-state index contributed by atoms with van der Waals surface area (Å²) in [5.74, 6) is 1.36. The van der Waals surface area contributed by atoms with Crippen molar-refractivity contribution in [3.8, 4) is 22.3 Å². The fourth-order valence-electron chi connectivity index (χ4n) is 7.78. The minimum atomic E-state index is -1.29. The highest BCUT2D eigenvalue weighted by Gasteiger charge is 2.17. The predicted octanol–water partition coefficient (Wildman–Crippen LogP) is 12.8. The molecule has 0 atom stereocenters. The first-order valence-electron chi connectivity index (χ1n) is 19.3. The molecule has 0 bridgehead atoms. The Morgan fingerprint density at radius 2 is 0.966 bits per heavy atom. The first-order chi connectivity index (χ1) is 28.2. The molecule has 6 aromatic carbocycles. The molecule has 284 valence electrons. The van der Waals surface area contributed by atoms with Crippen LogP contribution in [0.3, 0.4) is 0 Å². The van der Waals surface area contributed by atoms with Crippen LogP contribution in [-0.4, -0.2) is 35.9 Å². The van der Waals surface area contributed by atoms with Crippen LogP contribution in [0.15, 0.2) is 180 Å². The largest absolute Gasteiger partial charge is 0.480 e. The molecule has 0 aliphatic carbocycles. The Morgan fingerprint density at radius 3 is 1.43 bits per heavy atom. The van der Waals surface area contributed by atoms with Crippen molar-refractivity contribution >= 4 is 83.8 Å². The van der Waals surface area contributed by atoms with E-state index in [0.717, 1.165) is 32.7 Å². The van der Waals surface area contributed by atoms with Crippen LogP contribution >= 0.6 is 15.9 Å². The lowest BCUT2D eigenvalue weighted by atomic mass is 9.89. The zero-order chi connectivity index (χ0) is 40.3. The van der Waals surface area contributed by atoms with E-state index in [1.165, 1.54) is 71.6 Å². The van der Waals surface area contributed by atoms with Crippen molar-refractivity contribution in [1.29, 1.82) is 0 Å². The predicted molar refractivity (Wildman–Crippen MR) is 248 cm³/mol. The van der Waals surface area contributed by atoms with Crippen LogP contribution in [0.4, 0.5) is 0 Å². The maximum Gasteiger partial charge on any atom is 0.480 e. The number of fused-ring (bicyclic) bond motifs is 12. The number of imidazole rings is 2. The zero-order valence-corrected chi connectivity index (χ0v) is 34.4. The second kappa shape index (κ2) is 16.7. The van der Waals surface area contributed by atoms with E-state index < -0.39 is 7.12 Å². The molecule has 0 amide bonds. The van der Waals surface area contributed by atoms with E-state index in [1.54, 1.807) is 13.8 Å². The third-order valence-corrected chi connectivity index (χ3v) is 10.6. The summed E-state index contributed by atoms with van der Waals surface area (Å²) in [6, 6.07) is 51.3. The molecule has 4 heterocycles. The van der Waals surface area contributed by atoms with Crippen molar-refractivity contribution in [2.45, 2.75) is 27.7 Å². The maximum absolute atomic E-state index is 8.20. The van der Waals surface area contributed by atoms with E-state index in [0.29, 0.717) is 0 Å². The Bertz CT molecular complexity index is 3140. The van der Waals surface area contributed by atoms with Gasteiger partial charge in [0.25, 0.3) is 0 Å². The summed E-state index contributed by atoms with van der Waals surface area (Å²) in [7, 11) is -1.29. The average molecular weight is 822 g/mol. The summed E-state index contributed by atoms with van der Waals surface area (Å²) < 4.78 is 5.44. The number of aromatic nitrogens is 4. The van der Waals surface area contributed by atoms with Gasteiger partial charge in [0.05, 0.1) is 29.1 Å². The molecule has 0 saturated carbocycles. The Hall–Kier alpha value is -6.32. The van der Waals surface area contributed by atoms with Crippen molar-refractivity contribution in [3.05, 3.63) is 185 Å². The van der Waals surface area contributed by atoms with E-state index in [2.05, 4.69) is 195 Å². The second-order valence-corrected chi connectivity index (χ2v) is 15.5. The van der Waals surface area contributed by atoms with Gasteiger partial charge in [-0.1, -0.05) is 151 Å². The summed E-state index contributed by atoms with van der Waals surface area (Å²) in [5.41, 5.74) is 12.6. The van der Waals surface area contributed by atoms with Crippen LogP contribution in [0, 0.1) is 0 Å². The molecule has 0 saturated heterocycles. The SMILES string of the molecule is Brc1cnc2c3ccccc3c3c(-c4ccccc4)cccc3n12.CC(C)=CB(O)O.CC(C)=Cc1cnc2c3ccccc3c3c(-c4ccccc4)cccc3n12. The van der Waals surface area contributed by atoms with Gasteiger partial charge in [-0.25, -0.2) is 9.97 Å². The number of allylic oxidation sites excluding steroid dienone is 2. The molecule has 0 aliphatic heterocycles. The second-order valence-electron chi connectivity index (χ2n) is 14.7. The Kier molecular flexibility index (Phi) is 11.1. The summed E-state index contributed by atoms with van der Waals surface area (Å²) in [6.07, 6.45) is 6.04. The number of pyridine rings is 2. The minimum Gasteiger partial charge on any atom is -0.424 e. The van der Waals surface area contributed by atoms with Gasteiger partial charge in [0.15, 0.2) is 0 Å². The average Bonchev–Trinajstić information content (AvgIpc) is 3.85. The molecule has 10 aromatic rings. The van der Waals surface area contributed by atoms with Crippen LogP contribution in [0.1, 0.15) is 33.4 Å². The molecular weight excluding hydrogens is 779 g/mol. The van der Waals surface area contributed by atoms with Gasteiger partial charge in [-0.05, 0) is 94.9 Å². The van der Waals surface area contributed by atoms with Gasteiger partial charge < -0.3 is 10.0 Å². The third kappa shape index (κ3) is 7.45. The van der Waals surface area contributed by atoms with Crippen molar-refractivity contribution in [2.75, 3.05) is 0 Å². The van der Waals surface area contributed by atoms with E-state index >= 15 is 0 Å². The molecule has 8 heteroatoms. The van der Waals surface area contributed by atoms with E-state index in [4.69, 9.17) is 15.0 Å². The zero-order valence-electron chi connectivity index (χ0n) is 32.8. The Labute approximate surface area is 346 Å². The highest BCUT2D eigenvalue weighted by molar-refractivity contribution is 9.10. The standard InChI is InChI=1S/C25H20N2.C21H13BrN2.C4H9BO2/c1-17(2)15-19-16-26-25-22-12-7-6-11-21(22)24-20(18-9-4-3-5-10-18)13-8-14-23(24)27(19)25;22-19-13-23-21-17-10-5-4-9-16(17)20-15(14-7-2-1-3-8-14)11-6-12-18(20)24(19)21;1-4(2)3-5(6)7/h3-16H,1-2H3;1-13H;3,6-7H,1-2H3. The molecule has 4 aromatic heterocycles. The number of rotatable bonds is 4. The lowest BCUT2D eigenvalue weighted by molar-refractivity contribution is 0.423. The summed E-state index contributed by atoms with van der Waals surface area (Å²) in [6.45, 7) is 7.86. The van der Waals surface area contributed by atoms with Crippen LogP contribution in [0.25, 0.3) is 83.0 Å². The van der Waals surface area contributed by atoms with Crippen LogP contribution < -0.4 is 0 Å². The normalized spacial score (nSPS) is 11.0. The molecule has 0 radical (unpaired) electrons. The van der Waals surface area contributed by atoms with Gasteiger partial charge in [0.1, 0.15) is 15.9 Å². The van der Waals surface area contributed by atoms with Crippen molar-refractivity contribution in [1.82, 2.24) is 18.8 Å². The van der Waals surface area contributed by atoms with Gasteiger partial charge >= 0.3 is 7.12 Å². The van der Waals surface area contributed by atoms with Crippen molar-refractivity contribution in [3.63, 3.8) is 0 Å². The fourth-order valence-corrected chi connectivity index (χ4v) is 8.24. The number of benzene rings is 6. The van der Waals surface area contributed by atoms with Crippen LogP contribution in [-0.2, 0) is 0 Å². The highest BCUT2D eigenvalue weighted by Crippen LogP contribution is 2.39. The van der Waals surface area contributed by atoms with Crippen molar-refractivity contribution in [2.24, 2.45) is 0 Å². The Balaban J connectivity index is 0.000000140. The number of nitrogens with zero attached hydrogens (tertiary/aromatic N) is 4. The fraction of sp³-hybridized carbons (Fsp3) is 0.0800. The molecule has 0 spiro atoms. The number of hydrogen-bond acceptors (Lipinski definition) is 4. The molecule has 0 aliphatic rings. The number of halogens is 1. The monoisotopic (exact) mass is 820 g/mol. The van der Waals surface area contributed by atoms with Gasteiger partial charge in [-0.2, -0.15) is 0 Å². The number of hydrogen-bond donors (Lipinski definition) is 2. The Morgan fingerprint density at radius 1 is 0.517 bits per heavy atom. The van der Waals surface area contributed by atoms with E-state index in [1.807, 2.05) is 12.4 Å². The van der Waals surface area contributed by atoms with Crippen molar-refractivity contribution < 1.29 is 10.0 Å². The minimum absolute atomic E-state index is 0.912. The third-order valence-electron chi connectivity index (χ3n) is 10.0. The molecule has 0 fully saturated rings. The van der Waals surface area contributed by atoms with Gasteiger partial charge in [0.2, 0.25) is 0 Å². The maximum atomic E-state index is 8.20.